The SMILES string of the molecule is CC(C)(C)c1[nH]ncc1CNC[C@H](O)c1ccc(F)cc1F. The average molecular weight is 309 g/mol. The van der Waals surface area contributed by atoms with Gasteiger partial charge in [0.25, 0.3) is 0 Å². The van der Waals surface area contributed by atoms with Crippen molar-refractivity contribution in [3.63, 3.8) is 0 Å². The number of hydrogen-bond donors (Lipinski definition) is 3. The molecule has 1 aromatic heterocycles. The fourth-order valence-corrected chi connectivity index (χ4v) is 2.32. The number of nitrogens with one attached hydrogen (secondary N) is 2. The van der Waals surface area contributed by atoms with Gasteiger partial charge >= 0.3 is 0 Å². The van der Waals surface area contributed by atoms with Crippen molar-refractivity contribution >= 4 is 0 Å². The molecule has 4 nitrogen and oxygen atoms in total. The molecule has 6 heteroatoms. The molecule has 22 heavy (non-hydrogen) atoms. The Morgan fingerprint density at radius 2 is 2.05 bits per heavy atom. The Bertz CT molecular complexity index is 635. The number of rotatable bonds is 5. The summed E-state index contributed by atoms with van der Waals surface area (Å²) in [5, 5.41) is 20.1. The summed E-state index contributed by atoms with van der Waals surface area (Å²) in [5.41, 5.74) is 2.04. The van der Waals surface area contributed by atoms with Crippen LogP contribution in [0.3, 0.4) is 0 Å². The fraction of sp³-hybridized carbons (Fsp3) is 0.438. The highest BCUT2D eigenvalue weighted by Gasteiger charge is 2.20. The van der Waals surface area contributed by atoms with E-state index in [-0.39, 0.29) is 17.5 Å². The molecule has 0 aliphatic rings. The van der Waals surface area contributed by atoms with Gasteiger partial charge in [0.1, 0.15) is 11.6 Å². The van der Waals surface area contributed by atoms with Gasteiger partial charge < -0.3 is 10.4 Å². The molecule has 0 aliphatic heterocycles. The smallest absolute Gasteiger partial charge is 0.131 e. The molecular weight excluding hydrogens is 288 g/mol. The van der Waals surface area contributed by atoms with Crippen molar-refractivity contribution in [3.05, 3.63) is 52.9 Å². The van der Waals surface area contributed by atoms with Crippen molar-refractivity contribution in [1.82, 2.24) is 15.5 Å². The van der Waals surface area contributed by atoms with Crippen LogP contribution in [0.4, 0.5) is 8.78 Å². The molecule has 0 radical (unpaired) electrons. The molecule has 2 aromatic rings. The van der Waals surface area contributed by atoms with E-state index in [4.69, 9.17) is 0 Å². The second kappa shape index (κ2) is 6.54. The van der Waals surface area contributed by atoms with E-state index in [1.165, 1.54) is 6.07 Å². The van der Waals surface area contributed by atoms with E-state index in [2.05, 4.69) is 36.3 Å². The lowest BCUT2D eigenvalue weighted by molar-refractivity contribution is 0.169. The highest BCUT2D eigenvalue weighted by atomic mass is 19.1. The zero-order valence-electron chi connectivity index (χ0n) is 13.0. The Labute approximate surface area is 128 Å². The molecule has 1 aromatic carbocycles. The van der Waals surface area contributed by atoms with Crippen molar-refractivity contribution in [1.29, 1.82) is 0 Å². The van der Waals surface area contributed by atoms with Crippen LogP contribution in [0.25, 0.3) is 0 Å². The Balaban J connectivity index is 1.95. The minimum Gasteiger partial charge on any atom is -0.387 e. The average Bonchev–Trinajstić information content (AvgIpc) is 2.86. The Morgan fingerprint density at radius 1 is 1.32 bits per heavy atom. The molecule has 0 unspecified atom stereocenters. The standard InChI is InChI=1S/C16H21F2N3O/c1-16(2,3)15-10(8-20-21-15)7-19-9-14(22)12-5-4-11(17)6-13(12)18/h4-6,8,14,19,22H,7,9H2,1-3H3,(H,20,21)/t14-/m0/s1. The highest BCUT2D eigenvalue weighted by molar-refractivity contribution is 5.24. The number of benzene rings is 1. The third-order valence-electron chi connectivity index (χ3n) is 3.44. The van der Waals surface area contributed by atoms with Crippen LogP contribution in [0.5, 0.6) is 0 Å². The van der Waals surface area contributed by atoms with Gasteiger partial charge in [0, 0.05) is 41.4 Å². The van der Waals surface area contributed by atoms with E-state index in [0.717, 1.165) is 23.4 Å². The van der Waals surface area contributed by atoms with Crippen LogP contribution in [-0.2, 0) is 12.0 Å². The number of H-pyrrole nitrogens is 1. The zero-order chi connectivity index (χ0) is 16.3. The maximum atomic E-state index is 13.6. The number of aliphatic hydroxyl groups is 1. The maximum Gasteiger partial charge on any atom is 0.131 e. The first-order valence-corrected chi connectivity index (χ1v) is 7.15. The second-order valence-corrected chi connectivity index (χ2v) is 6.33. The quantitative estimate of drug-likeness (QED) is 0.796. The lowest BCUT2D eigenvalue weighted by Gasteiger charge is -2.19. The normalized spacial score (nSPS) is 13.4. The summed E-state index contributed by atoms with van der Waals surface area (Å²) in [6.07, 6.45) is 0.698. The van der Waals surface area contributed by atoms with Gasteiger partial charge in [-0.05, 0) is 6.07 Å². The van der Waals surface area contributed by atoms with Gasteiger partial charge in [0.05, 0.1) is 12.3 Å². The van der Waals surface area contributed by atoms with Crippen molar-refractivity contribution < 1.29 is 13.9 Å². The summed E-state index contributed by atoms with van der Waals surface area (Å²) in [6, 6.07) is 3.16. The lowest BCUT2D eigenvalue weighted by atomic mass is 9.89. The second-order valence-electron chi connectivity index (χ2n) is 6.33. The molecule has 1 atom stereocenters. The summed E-state index contributed by atoms with van der Waals surface area (Å²) in [5.74, 6) is -1.40. The van der Waals surface area contributed by atoms with Gasteiger partial charge in [0.2, 0.25) is 0 Å². The van der Waals surface area contributed by atoms with E-state index in [1.54, 1.807) is 6.20 Å². The predicted molar refractivity (Wildman–Crippen MR) is 80.3 cm³/mol. The Hall–Kier alpha value is -1.79. The molecule has 120 valence electrons. The summed E-state index contributed by atoms with van der Waals surface area (Å²) in [6.45, 7) is 6.90. The number of hydrogen-bond acceptors (Lipinski definition) is 3. The van der Waals surface area contributed by atoms with Crippen molar-refractivity contribution in [2.75, 3.05) is 6.54 Å². The molecular formula is C16H21F2N3O. The van der Waals surface area contributed by atoms with Gasteiger partial charge in [-0.15, -0.1) is 0 Å². The minimum atomic E-state index is -1.04. The summed E-state index contributed by atoms with van der Waals surface area (Å²) in [4.78, 5) is 0. The van der Waals surface area contributed by atoms with Gasteiger partial charge in [-0.1, -0.05) is 26.8 Å². The topological polar surface area (TPSA) is 60.9 Å². The van der Waals surface area contributed by atoms with E-state index >= 15 is 0 Å². The number of nitrogens with zero attached hydrogens (tertiary/aromatic N) is 1. The van der Waals surface area contributed by atoms with Crippen LogP contribution >= 0.6 is 0 Å². The van der Waals surface area contributed by atoms with Crippen LogP contribution in [0.15, 0.2) is 24.4 Å². The van der Waals surface area contributed by atoms with Crippen LogP contribution in [0, 0.1) is 11.6 Å². The number of halogens is 2. The van der Waals surface area contributed by atoms with E-state index < -0.39 is 17.7 Å². The van der Waals surface area contributed by atoms with Gasteiger partial charge in [-0.2, -0.15) is 5.10 Å². The Kier molecular flexibility index (Phi) is 4.93. The molecule has 1 heterocycles. The molecule has 0 amide bonds. The van der Waals surface area contributed by atoms with E-state index in [0.29, 0.717) is 6.54 Å². The van der Waals surface area contributed by atoms with Crippen LogP contribution in [0.2, 0.25) is 0 Å². The van der Waals surface area contributed by atoms with Crippen LogP contribution < -0.4 is 5.32 Å². The molecule has 0 saturated carbocycles. The molecule has 3 N–H and O–H groups in total. The third kappa shape index (κ3) is 3.90. The predicted octanol–water partition coefficient (Wildman–Crippen LogP) is 2.81. The molecule has 0 fully saturated rings. The monoisotopic (exact) mass is 309 g/mol. The van der Waals surface area contributed by atoms with Crippen molar-refractivity contribution in [2.45, 2.75) is 38.8 Å². The molecule has 0 bridgehead atoms. The minimum absolute atomic E-state index is 0.0603. The van der Waals surface area contributed by atoms with Gasteiger partial charge in [0.15, 0.2) is 0 Å². The summed E-state index contributed by atoms with van der Waals surface area (Å²) < 4.78 is 26.4. The third-order valence-corrected chi connectivity index (χ3v) is 3.44. The molecule has 0 aliphatic carbocycles. The highest BCUT2D eigenvalue weighted by Crippen LogP contribution is 2.23. The molecule has 2 rings (SSSR count). The number of aliphatic hydroxyl groups excluding tert-OH is 1. The van der Waals surface area contributed by atoms with Crippen molar-refractivity contribution in [2.24, 2.45) is 0 Å². The lowest BCUT2D eigenvalue weighted by Crippen LogP contribution is -2.23. The van der Waals surface area contributed by atoms with Crippen LogP contribution in [-0.4, -0.2) is 21.8 Å². The first kappa shape index (κ1) is 16.6. The summed E-state index contributed by atoms with van der Waals surface area (Å²) >= 11 is 0. The first-order valence-electron chi connectivity index (χ1n) is 7.15. The van der Waals surface area contributed by atoms with E-state index in [1.807, 2.05) is 0 Å². The van der Waals surface area contributed by atoms with Crippen molar-refractivity contribution in [3.8, 4) is 0 Å². The van der Waals surface area contributed by atoms with Crippen LogP contribution in [0.1, 0.15) is 43.7 Å². The zero-order valence-corrected chi connectivity index (χ0v) is 13.0. The number of aromatic nitrogens is 2. The molecule has 0 saturated heterocycles. The first-order chi connectivity index (χ1) is 10.3. The Morgan fingerprint density at radius 3 is 2.68 bits per heavy atom. The fourth-order valence-electron chi connectivity index (χ4n) is 2.32. The largest absolute Gasteiger partial charge is 0.387 e. The van der Waals surface area contributed by atoms with Gasteiger partial charge in [-0.25, -0.2) is 8.78 Å². The number of aromatic amines is 1. The van der Waals surface area contributed by atoms with Gasteiger partial charge in [-0.3, -0.25) is 5.10 Å². The summed E-state index contributed by atoms with van der Waals surface area (Å²) in [7, 11) is 0. The molecule has 0 spiro atoms. The maximum absolute atomic E-state index is 13.6. The van der Waals surface area contributed by atoms with E-state index in [9.17, 15) is 13.9 Å².